The fraction of sp³-hybridized carbons (Fsp3) is 0.667. The van der Waals surface area contributed by atoms with Crippen molar-refractivity contribution in [3.05, 3.63) is 0 Å². The zero-order chi connectivity index (χ0) is 11.0. The summed E-state index contributed by atoms with van der Waals surface area (Å²) in [5.41, 5.74) is 5.58. The second kappa shape index (κ2) is 3.86. The Morgan fingerprint density at radius 3 is 2.33 bits per heavy atom. The second-order valence-electron chi connectivity index (χ2n) is 3.83. The van der Waals surface area contributed by atoms with Gasteiger partial charge in [-0.3, -0.25) is 14.5 Å². The van der Waals surface area contributed by atoms with Crippen molar-refractivity contribution in [2.45, 2.75) is 18.9 Å². The summed E-state index contributed by atoms with van der Waals surface area (Å²) in [5, 5.41) is 0. The van der Waals surface area contributed by atoms with Gasteiger partial charge in [-0.2, -0.15) is 0 Å². The van der Waals surface area contributed by atoms with Crippen molar-refractivity contribution in [1.82, 2.24) is 4.90 Å². The van der Waals surface area contributed by atoms with E-state index in [0.29, 0.717) is 0 Å². The number of imide groups is 1. The van der Waals surface area contributed by atoms with Gasteiger partial charge in [-0.15, -0.1) is 0 Å². The van der Waals surface area contributed by atoms with E-state index in [4.69, 9.17) is 22.7 Å². The summed E-state index contributed by atoms with van der Waals surface area (Å²) in [6, 6.07) is -0.399. The molecule has 6 heteroatoms. The lowest BCUT2D eigenvalue weighted by Gasteiger charge is -2.32. The number of rotatable bonds is 3. The van der Waals surface area contributed by atoms with E-state index in [-0.39, 0.29) is 35.9 Å². The van der Waals surface area contributed by atoms with Crippen LogP contribution in [0.2, 0.25) is 0 Å². The number of amides is 2. The molecule has 0 aromatic rings. The molecule has 0 bridgehead atoms. The summed E-state index contributed by atoms with van der Waals surface area (Å²) in [6.07, 6.45) is 1.94. The number of carbonyl (C=O) groups excluding carboxylic acids is 2. The average Bonchev–Trinajstić information content (AvgIpc) is 2.94. The van der Waals surface area contributed by atoms with E-state index in [1.165, 1.54) is 4.90 Å². The van der Waals surface area contributed by atoms with Crippen LogP contribution in [0.15, 0.2) is 0 Å². The van der Waals surface area contributed by atoms with Gasteiger partial charge in [-0.05, 0) is 18.8 Å². The first-order valence-corrected chi connectivity index (χ1v) is 5.24. The van der Waals surface area contributed by atoms with Crippen LogP contribution in [0.4, 0.5) is 0 Å². The summed E-state index contributed by atoms with van der Waals surface area (Å²) in [5.74, 6) is -0.416. The van der Waals surface area contributed by atoms with Gasteiger partial charge in [0.15, 0.2) is 0 Å². The van der Waals surface area contributed by atoms with Crippen molar-refractivity contribution < 1.29 is 14.3 Å². The minimum Gasteiger partial charge on any atom is -0.392 e. The van der Waals surface area contributed by atoms with Gasteiger partial charge in [0, 0.05) is 0 Å². The lowest BCUT2D eigenvalue weighted by atomic mass is 10.1. The third-order valence-electron chi connectivity index (χ3n) is 2.63. The molecule has 2 N–H and O–H groups in total. The Morgan fingerprint density at radius 1 is 1.40 bits per heavy atom. The molecule has 1 unspecified atom stereocenters. The molecule has 0 aromatic carbocycles. The molecule has 0 radical (unpaired) electrons. The van der Waals surface area contributed by atoms with Crippen molar-refractivity contribution in [1.29, 1.82) is 0 Å². The largest absolute Gasteiger partial charge is 0.392 e. The Kier molecular flexibility index (Phi) is 2.70. The van der Waals surface area contributed by atoms with Crippen LogP contribution in [0.1, 0.15) is 12.8 Å². The molecule has 1 saturated carbocycles. The molecule has 1 atom stereocenters. The second-order valence-corrected chi connectivity index (χ2v) is 4.31. The molecule has 5 nitrogen and oxygen atoms in total. The van der Waals surface area contributed by atoms with E-state index in [1.54, 1.807) is 0 Å². The zero-order valence-corrected chi connectivity index (χ0v) is 8.96. The Hall–Kier alpha value is -1.01. The molecule has 1 saturated heterocycles. The van der Waals surface area contributed by atoms with E-state index >= 15 is 0 Å². The number of hydrogen-bond acceptors (Lipinski definition) is 4. The third-order valence-corrected chi connectivity index (χ3v) is 2.87. The summed E-state index contributed by atoms with van der Waals surface area (Å²) in [7, 11) is 0. The maximum Gasteiger partial charge on any atom is 0.255 e. The van der Waals surface area contributed by atoms with Gasteiger partial charge in [-0.25, -0.2) is 0 Å². The standard InChI is InChI=1S/C9H12N2O3S/c10-9(15)8(5-1-2-5)11-6(12)3-14-4-7(11)13/h5,8H,1-4H2,(H2,10,15). The fourth-order valence-corrected chi connectivity index (χ4v) is 2.09. The van der Waals surface area contributed by atoms with Crippen LogP contribution < -0.4 is 5.73 Å². The molecule has 1 aliphatic carbocycles. The maximum absolute atomic E-state index is 11.5. The van der Waals surface area contributed by atoms with Gasteiger partial charge in [0.25, 0.3) is 11.8 Å². The van der Waals surface area contributed by atoms with Crippen molar-refractivity contribution in [3.63, 3.8) is 0 Å². The first-order chi connectivity index (χ1) is 7.11. The molecule has 15 heavy (non-hydrogen) atoms. The number of hydrogen-bond donors (Lipinski definition) is 1. The van der Waals surface area contributed by atoms with Gasteiger partial charge in [0.1, 0.15) is 13.2 Å². The van der Waals surface area contributed by atoms with E-state index < -0.39 is 6.04 Å². The van der Waals surface area contributed by atoms with Gasteiger partial charge < -0.3 is 10.5 Å². The molecule has 2 amide bonds. The first kappa shape index (κ1) is 10.5. The van der Waals surface area contributed by atoms with Crippen LogP contribution in [0, 0.1) is 5.92 Å². The predicted molar refractivity (Wildman–Crippen MR) is 56.0 cm³/mol. The van der Waals surface area contributed by atoms with Gasteiger partial charge >= 0.3 is 0 Å². The van der Waals surface area contributed by atoms with Crippen LogP contribution in [0.3, 0.4) is 0 Å². The molecule has 2 rings (SSSR count). The predicted octanol–water partition coefficient (Wildman–Crippen LogP) is -0.564. The topological polar surface area (TPSA) is 72.6 Å². The highest BCUT2D eigenvalue weighted by atomic mass is 32.1. The third kappa shape index (κ3) is 2.00. The molecule has 2 fully saturated rings. The SMILES string of the molecule is NC(=S)C(C1CC1)N1C(=O)COCC1=O. The molecule has 0 aromatic heterocycles. The van der Waals surface area contributed by atoms with Crippen molar-refractivity contribution in [2.24, 2.45) is 11.7 Å². The molecular weight excluding hydrogens is 216 g/mol. The monoisotopic (exact) mass is 228 g/mol. The lowest BCUT2D eigenvalue weighted by molar-refractivity contribution is -0.160. The molecule has 1 heterocycles. The van der Waals surface area contributed by atoms with E-state index in [2.05, 4.69) is 0 Å². The maximum atomic E-state index is 11.5. The highest BCUT2D eigenvalue weighted by molar-refractivity contribution is 7.80. The van der Waals surface area contributed by atoms with Gasteiger partial charge in [0.2, 0.25) is 0 Å². The van der Waals surface area contributed by atoms with Crippen LogP contribution >= 0.6 is 12.2 Å². The number of thiocarbonyl (C=S) groups is 1. The quantitative estimate of drug-likeness (QED) is 0.517. The van der Waals surface area contributed by atoms with Crippen molar-refractivity contribution in [3.8, 4) is 0 Å². The Balaban J connectivity index is 2.20. The molecule has 82 valence electrons. The smallest absolute Gasteiger partial charge is 0.255 e. The molecule has 1 aliphatic heterocycles. The summed E-state index contributed by atoms with van der Waals surface area (Å²) < 4.78 is 4.83. The number of ether oxygens (including phenoxy) is 1. The van der Waals surface area contributed by atoms with E-state index in [9.17, 15) is 9.59 Å². The highest BCUT2D eigenvalue weighted by Crippen LogP contribution is 2.36. The lowest BCUT2D eigenvalue weighted by Crippen LogP contribution is -2.56. The summed E-state index contributed by atoms with van der Waals surface area (Å²) in [6.45, 7) is -0.116. The van der Waals surface area contributed by atoms with Gasteiger partial charge in [-0.1, -0.05) is 12.2 Å². The Labute approximate surface area is 92.5 Å². The van der Waals surface area contributed by atoms with E-state index in [0.717, 1.165) is 12.8 Å². The Morgan fingerprint density at radius 2 is 1.93 bits per heavy atom. The van der Waals surface area contributed by atoms with Crippen molar-refractivity contribution in [2.75, 3.05) is 13.2 Å². The average molecular weight is 228 g/mol. The molecular formula is C9H12N2O3S. The minimum absolute atomic E-state index is 0.0580. The minimum atomic E-state index is -0.399. The van der Waals surface area contributed by atoms with Crippen LogP contribution in [0.25, 0.3) is 0 Å². The highest BCUT2D eigenvalue weighted by Gasteiger charge is 2.43. The normalized spacial score (nSPS) is 24.1. The number of nitrogens with zero attached hydrogens (tertiary/aromatic N) is 1. The Bertz CT molecular complexity index is 311. The van der Waals surface area contributed by atoms with Crippen LogP contribution in [-0.4, -0.2) is 41.0 Å². The summed E-state index contributed by atoms with van der Waals surface area (Å²) in [4.78, 5) is 24.5. The molecule has 0 spiro atoms. The fourth-order valence-electron chi connectivity index (χ4n) is 1.80. The van der Waals surface area contributed by atoms with Crippen molar-refractivity contribution >= 4 is 29.0 Å². The van der Waals surface area contributed by atoms with Crippen LogP contribution in [0.5, 0.6) is 0 Å². The van der Waals surface area contributed by atoms with Gasteiger partial charge in [0.05, 0.1) is 11.0 Å². The number of morpholine rings is 1. The van der Waals surface area contributed by atoms with Crippen LogP contribution in [-0.2, 0) is 14.3 Å². The zero-order valence-electron chi connectivity index (χ0n) is 8.14. The van der Waals surface area contributed by atoms with E-state index in [1.807, 2.05) is 0 Å². The number of nitrogens with two attached hydrogens (primary N) is 1. The molecule has 2 aliphatic rings. The summed E-state index contributed by atoms with van der Waals surface area (Å²) >= 11 is 4.91. The number of carbonyl (C=O) groups is 2. The first-order valence-electron chi connectivity index (χ1n) is 4.83.